The first-order chi connectivity index (χ1) is 11.6. The van der Waals surface area contributed by atoms with E-state index in [1.54, 1.807) is 32.0 Å². The Labute approximate surface area is 142 Å². The van der Waals surface area contributed by atoms with Crippen molar-refractivity contribution < 1.29 is 29.2 Å². The molecule has 1 saturated heterocycles. The number of rotatable bonds is 2. The molecule has 2 heterocycles. The summed E-state index contributed by atoms with van der Waals surface area (Å²) >= 11 is 0. The van der Waals surface area contributed by atoms with Crippen LogP contribution < -0.4 is 11.5 Å². The highest BCUT2D eigenvalue weighted by Crippen LogP contribution is 2.38. The summed E-state index contributed by atoms with van der Waals surface area (Å²) in [5, 5.41) is 10.9. The third-order valence-electron chi connectivity index (χ3n) is 4.39. The number of aryl methyl sites for hydroxylation is 2. The fourth-order valence-electron chi connectivity index (χ4n) is 3.29. The molecule has 130 valence electrons. The van der Waals surface area contributed by atoms with Crippen LogP contribution in [0, 0.1) is 13.8 Å². The number of pyridine rings is 1. The number of primary amides is 1. The molecular formula is C16H17N4O5+. The van der Waals surface area contributed by atoms with Gasteiger partial charge in [0.15, 0.2) is 0 Å². The van der Waals surface area contributed by atoms with Gasteiger partial charge in [-0.2, -0.15) is 5.21 Å². The Morgan fingerprint density at radius 3 is 2.68 bits per heavy atom. The average Bonchev–Trinajstić information content (AvgIpc) is 2.72. The van der Waals surface area contributed by atoms with Gasteiger partial charge in [-0.1, -0.05) is 0 Å². The SMILES string of the molecule is Cc1nc2ccc(N)cc2c(C)c1C1CC(=O)[N+](O)(OC(N)=O)C1=O. The second-order valence-corrected chi connectivity index (χ2v) is 5.99. The van der Waals surface area contributed by atoms with Crippen LogP contribution in [0.4, 0.5) is 10.5 Å². The molecule has 25 heavy (non-hydrogen) atoms. The normalized spacial score (nSPS) is 23.2. The largest absolute Gasteiger partial charge is 0.465 e. The van der Waals surface area contributed by atoms with Crippen molar-refractivity contribution in [2.45, 2.75) is 26.2 Å². The summed E-state index contributed by atoms with van der Waals surface area (Å²) < 4.78 is 0. The van der Waals surface area contributed by atoms with Gasteiger partial charge in [0.25, 0.3) is 0 Å². The summed E-state index contributed by atoms with van der Waals surface area (Å²) in [5.74, 6) is -2.96. The summed E-state index contributed by atoms with van der Waals surface area (Å²) in [6.07, 6.45) is -1.76. The first-order valence-electron chi connectivity index (χ1n) is 7.50. The first-order valence-corrected chi connectivity index (χ1v) is 7.50. The topological polar surface area (TPSA) is 146 Å². The van der Waals surface area contributed by atoms with Crippen LogP contribution in [0.2, 0.25) is 0 Å². The fraction of sp³-hybridized carbons (Fsp3) is 0.250. The van der Waals surface area contributed by atoms with Crippen molar-refractivity contribution in [3.05, 3.63) is 35.0 Å². The Bertz CT molecular complexity index is 942. The minimum atomic E-state index is -2.09. The number of fused-ring (bicyclic) bond motifs is 1. The molecule has 1 aromatic heterocycles. The molecule has 0 saturated carbocycles. The van der Waals surface area contributed by atoms with Crippen molar-refractivity contribution in [2.75, 3.05) is 5.73 Å². The number of nitrogen functional groups attached to an aromatic ring is 1. The van der Waals surface area contributed by atoms with E-state index >= 15 is 0 Å². The number of nitrogens with two attached hydrogens (primary N) is 2. The lowest BCUT2D eigenvalue weighted by Crippen LogP contribution is -2.52. The summed E-state index contributed by atoms with van der Waals surface area (Å²) in [7, 11) is 0. The maximum absolute atomic E-state index is 12.6. The number of amides is 3. The van der Waals surface area contributed by atoms with Gasteiger partial charge in [-0.05, 0) is 43.2 Å². The number of benzene rings is 1. The van der Waals surface area contributed by atoms with Crippen molar-refractivity contribution in [2.24, 2.45) is 5.73 Å². The molecule has 9 heteroatoms. The van der Waals surface area contributed by atoms with Gasteiger partial charge in [-0.15, -0.1) is 0 Å². The molecule has 3 amide bonds. The predicted octanol–water partition coefficient (Wildman–Crippen LogP) is 1.19. The molecule has 1 fully saturated rings. The van der Waals surface area contributed by atoms with E-state index < -0.39 is 28.6 Å². The summed E-state index contributed by atoms with van der Waals surface area (Å²) in [6.45, 7) is 3.48. The molecule has 2 unspecified atom stereocenters. The van der Waals surface area contributed by atoms with E-state index in [2.05, 4.69) is 9.82 Å². The molecule has 2 atom stereocenters. The Hall–Kier alpha value is -3.04. The van der Waals surface area contributed by atoms with Crippen LogP contribution in [-0.2, 0) is 14.4 Å². The van der Waals surface area contributed by atoms with Crippen LogP contribution in [0.15, 0.2) is 18.2 Å². The molecule has 1 aliphatic heterocycles. The van der Waals surface area contributed by atoms with Gasteiger partial charge in [-0.3, -0.25) is 4.98 Å². The van der Waals surface area contributed by atoms with E-state index in [0.29, 0.717) is 28.0 Å². The fourth-order valence-corrected chi connectivity index (χ4v) is 3.29. The number of hydrogen-bond acceptors (Lipinski definition) is 7. The molecule has 0 bridgehead atoms. The summed E-state index contributed by atoms with van der Waals surface area (Å²) in [5.41, 5.74) is 13.6. The Kier molecular flexibility index (Phi) is 3.70. The average molecular weight is 345 g/mol. The molecule has 3 rings (SSSR count). The van der Waals surface area contributed by atoms with E-state index in [0.717, 1.165) is 5.39 Å². The quantitative estimate of drug-likeness (QED) is 0.321. The standard InChI is InChI=1S/C16H16N4O5/c1-7-10-5-9(17)3-4-12(10)19-8(2)14(7)11-6-13(21)20(24,15(11)22)25-16(18)23/h3-5,11,24H,6,17H2,1-2H3,(H-,18,23)/p+1. The highest BCUT2D eigenvalue weighted by Gasteiger charge is 2.62. The molecule has 0 radical (unpaired) electrons. The van der Waals surface area contributed by atoms with Gasteiger partial charge in [0.05, 0.1) is 11.9 Å². The Balaban J connectivity index is 2.16. The molecule has 0 aliphatic carbocycles. The van der Waals surface area contributed by atoms with E-state index in [4.69, 9.17) is 11.5 Å². The predicted molar refractivity (Wildman–Crippen MR) is 85.7 cm³/mol. The third kappa shape index (κ3) is 2.49. The third-order valence-corrected chi connectivity index (χ3v) is 4.39. The number of quaternary nitrogens is 1. The van der Waals surface area contributed by atoms with Crippen LogP contribution in [0.3, 0.4) is 0 Å². The maximum Gasteiger partial charge on any atom is 0.465 e. The molecule has 1 aliphatic rings. The smallest absolute Gasteiger partial charge is 0.399 e. The summed E-state index contributed by atoms with van der Waals surface area (Å²) in [6, 6.07) is 5.20. The van der Waals surface area contributed by atoms with Gasteiger partial charge in [0.2, 0.25) is 0 Å². The molecule has 9 nitrogen and oxygen atoms in total. The Morgan fingerprint density at radius 2 is 2.04 bits per heavy atom. The van der Waals surface area contributed by atoms with Gasteiger partial charge in [0.1, 0.15) is 10.7 Å². The maximum atomic E-state index is 12.6. The van der Waals surface area contributed by atoms with E-state index in [-0.39, 0.29) is 6.42 Å². The minimum absolute atomic E-state index is 0.334. The van der Waals surface area contributed by atoms with Crippen LogP contribution >= 0.6 is 0 Å². The highest BCUT2D eigenvalue weighted by atomic mass is 17.0. The van der Waals surface area contributed by atoms with Crippen LogP contribution in [0.25, 0.3) is 10.9 Å². The molecule has 5 N–H and O–H groups in total. The van der Waals surface area contributed by atoms with E-state index in [1.165, 1.54) is 0 Å². The van der Waals surface area contributed by atoms with Gasteiger partial charge < -0.3 is 11.5 Å². The molecule has 1 aromatic carbocycles. The number of carbonyl (C=O) groups is 3. The molecule has 2 aromatic rings. The number of imide groups is 1. The molecular weight excluding hydrogens is 328 g/mol. The zero-order valence-electron chi connectivity index (χ0n) is 13.6. The highest BCUT2D eigenvalue weighted by molar-refractivity contribution is 5.98. The van der Waals surface area contributed by atoms with Crippen molar-refractivity contribution in [1.82, 2.24) is 4.98 Å². The van der Waals surface area contributed by atoms with Crippen LogP contribution in [0.1, 0.15) is 29.2 Å². The second kappa shape index (κ2) is 5.50. The number of hydroxylamine groups is 4. The minimum Gasteiger partial charge on any atom is -0.399 e. The number of aromatic nitrogens is 1. The summed E-state index contributed by atoms with van der Waals surface area (Å²) in [4.78, 5) is 42.3. The van der Waals surface area contributed by atoms with Gasteiger partial charge >= 0.3 is 17.9 Å². The van der Waals surface area contributed by atoms with Crippen molar-refractivity contribution in [1.29, 1.82) is 0 Å². The lowest BCUT2D eigenvalue weighted by Gasteiger charge is -2.17. The van der Waals surface area contributed by atoms with E-state index in [1.807, 2.05) is 0 Å². The number of hydrogen-bond donors (Lipinski definition) is 3. The Morgan fingerprint density at radius 1 is 1.36 bits per heavy atom. The van der Waals surface area contributed by atoms with Crippen molar-refractivity contribution >= 4 is 34.5 Å². The zero-order chi connectivity index (χ0) is 18.5. The lowest BCUT2D eigenvalue weighted by atomic mass is 9.90. The van der Waals surface area contributed by atoms with Crippen molar-refractivity contribution in [3.8, 4) is 0 Å². The van der Waals surface area contributed by atoms with Gasteiger partial charge in [0, 0.05) is 16.8 Å². The van der Waals surface area contributed by atoms with E-state index in [9.17, 15) is 19.6 Å². The number of nitrogens with zero attached hydrogens (tertiary/aromatic N) is 2. The zero-order valence-corrected chi connectivity index (χ0v) is 13.6. The second-order valence-electron chi connectivity index (χ2n) is 5.99. The van der Waals surface area contributed by atoms with Gasteiger partial charge in [-0.25, -0.2) is 19.2 Å². The van der Waals surface area contributed by atoms with Crippen molar-refractivity contribution in [3.63, 3.8) is 0 Å². The van der Waals surface area contributed by atoms with Crippen LogP contribution in [0.5, 0.6) is 0 Å². The number of carbonyl (C=O) groups excluding carboxylic acids is 3. The molecule has 0 spiro atoms. The first kappa shape index (κ1) is 16.8. The lowest BCUT2D eigenvalue weighted by molar-refractivity contribution is -1.12. The number of anilines is 1. The monoisotopic (exact) mass is 345 g/mol. The van der Waals surface area contributed by atoms with Crippen LogP contribution in [-0.4, -0.2) is 32.9 Å².